The van der Waals surface area contributed by atoms with E-state index in [1.54, 1.807) is 12.1 Å². The van der Waals surface area contributed by atoms with E-state index < -0.39 is 0 Å². The molecule has 1 nitrogen and oxygen atoms in total. The minimum absolute atomic E-state index is 0.368. The highest BCUT2D eigenvalue weighted by Crippen LogP contribution is 2.27. The van der Waals surface area contributed by atoms with Crippen molar-refractivity contribution in [1.82, 2.24) is 0 Å². The highest BCUT2D eigenvalue weighted by atomic mass is 35.5. The van der Waals surface area contributed by atoms with Crippen molar-refractivity contribution in [3.05, 3.63) is 55.9 Å². The maximum atomic E-state index is 13.6. The van der Waals surface area contributed by atoms with Crippen LogP contribution in [0.5, 0.6) is 0 Å². The lowest BCUT2D eigenvalue weighted by Crippen LogP contribution is -2.14. The van der Waals surface area contributed by atoms with E-state index in [1.165, 1.54) is 17.4 Å². The molecule has 5 heteroatoms. The largest absolute Gasteiger partial charge is 0.324 e. The first-order valence-corrected chi connectivity index (χ1v) is 6.58. The maximum Gasteiger partial charge on any atom is 0.129 e. The Hall–Kier alpha value is -0.610. The van der Waals surface area contributed by atoms with Crippen molar-refractivity contribution in [2.75, 3.05) is 0 Å². The van der Waals surface area contributed by atoms with Crippen molar-refractivity contribution < 1.29 is 4.39 Å². The van der Waals surface area contributed by atoms with E-state index in [9.17, 15) is 4.39 Å². The van der Waals surface area contributed by atoms with E-state index in [4.69, 9.17) is 28.9 Å². The maximum absolute atomic E-state index is 13.6. The lowest BCUT2D eigenvalue weighted by molar-refractivity contribution is 0.582. The minimum atomic E-state index is -0.387. The minimum Gasteiger partial charge on any atom is -0.324 e. The molecule has 90 valence electrons. The topological polar surface area (TPSA) is 26.0 Å². The van der Waals surface area contributed by atoms with E-state index in [0.29, 0.717) is 21.3 Å². The smallest absolute Gasteiger partial charge is 0.129 e. The van der Waals surface area contributed by atoms with Gasteiger partial charge >= 0.3 is 0 Å². The van der Waals surface area contributed by atoms with Crippen LogP contribution < -0.4 is 5.73 Å². The van der Waals surface area contributed by atoms with Crippen LogP contribution in [0.4, 0.5) is 4.39 Å². The zero-order valence-electron chi connectivity index (χ0n) is 8.79. The molecule has 0 fully saturated rings. The predicted octanol–water partition coefficient (Wildman–Crippen LogP) is 4.44. The summed E-state index contributed by atoms with van der Waals surface area (Å²) in [5.41, 5.74) is 6.44. The predicted molar refractivity (Wildman–Crippen MR) is 71.4 cm³/mol. The fourth-order valence-electron chi connectivity index (χ4n) is 1.59. The average Bonchev–Trinajstić information content (AvgIpc) is 2.63. The molecule has 2 aromatic rings. The SMILES string of the molecule is NC(Cc1ccc(Cl)s1)c1ccc(Cl)cc1F. The molecule has 1 unspecified atom stereocenters. The summed E-state index contributed by atoms with van der Waals surface area (Å²) in [5.74, 6) is -0.368. The Morgan fingerprint density at radius 3 is 2.59 bits per heavy atom. The molecule has 0 aliphatic rings. The second-order valence-corrected chi connectivity index (χ2v) is 5.92. The van der Waals surface area contributed by atoms with Crippen molar-refractivity contribution in [2.24, 2.45) is 5.73 Å². The first kappa shape index (κ1) is 12.8. The molecule has 0 bridgehead atoms. The fraction of sp³-hybridized carbons (Fsp3) is 0.167. The van der Waals surface area contributed by atoms with Crippen LogP contribution in [0.15, 0.2) is 30.3 Å². The molecule has 0 spiro atoms. The van der Waals surface area contributed by atoms with Gasteiger partial charge in [0.15, 0.2) is 0 Å². The van der Waals surface area contributed by atoms with E-state index in [2.05, 4.69) is 0 Å². The Morgan fingerprint density at radius 2 is 2.00 bits per heavy atom. The number of halogens is 3. The van der Waals surface area contributed by atoms with Gasteiger partial charge < -0.3 is 5.73 Å². The van der Waals surface area contributed by atoms with Crippen LogP contribution in [0.25, 0.3) is 0 Å². The van der Waals surface area contributed by atoms with Crippen molar-refractivity contribution in [1.29, 1.82) is 0 Å². The molecule has 1 atom stereocenters. The molecule has 1 aromatic carbocycles. The first-order chi connectivity index (χ1) is 8.06. The molecule has 0 saturated carbocycles. The van der Waals surface area contributed by atoms with Gasteiger partial charge in [-0.3, -0.25) is 0 Å². The van der Waals surface area contributed by atoms with Gasteiger partial charge in [-0.25, -0.2) is 4.39 Å². The van der Waals surface area contributed by atoms with Gasteiger partial charge in [0.05, 0.1) is 4.34 Å². The summed E-state index contributed by atoms with van der Waals surface area (Å²) < 4.78 is 14.3. The van der Waals surface area contributed by atoms with Crippen molar-refractivity contribution in [3.8, 4) is 0 Å². The Labute approximate surface area is 113 Å². The highest BCUT2D eigenvalue weighted by molar-refractivity contribution is 7.16. The van der Waals surface area contributed by atoms with Gasteiger partial charge in [0.25, 0.3) is 0 Å². The Morgan fingerprint density at radius 1 is 1.24 bits per heavy atom. The number of thiophene rings is 1. The number of hydrogen-bond acceptors (Lipinski definition) is 2. The van der Waals surface area contributed by atoms with E-state index in [-0.39, 0.29) is 11.9 Å². The van der Waals surface area contributed by atoms with E-state index >= 15 is 0 Å². The van der Waals surface area contributed by atoms with Crippen LogP contribution >= 0.6 is 34.5 Å². The van der Waals surface area contributed by atoms with Crippen molar-refractivity contribution >= 4 is 34.5 Å². The fourth-order valence-corrected chi connectivity index (χ4v) is 2.89. The molecule has 17 heavy (non-hydrogen) atoms. The molecule has 0 aliphatic heterocycles. The Kier molecular flexibility index (Phi) is 4.05. The molecule has 2 N–H and O–H groups in total. The number of rotatable bonds is 3. The second kappa shape index (κ2) is 5.36. The summed E-state index contributed by atoms with van der Waals surface area (Å²) in [6.07, 6.45) is 0.565. The summed E-state index contributed by atoms with van der Waals surface area (Å²) in [6, 6.07) is 7.87. The van der Waals surface area contributed by atoms with Crippen LogP contribution in [-0.4, -0.2) is 0 Å². The number of nitrogens with two attached hydrogens (primary N) is 1. The third-order valence-corrected chi connectivity index (χ3v) is 3.90. The van der Waals surface area contributed by atoms with Gasteiger partial charge in [-0.05, 0) is 24.3 Å². The van der Waals surface area contributed by atoms with Crippen LogP contribution in [0.3, 0.4) is 0 Å². The zero-order valence-corrected chi connectivity index (χ0v) is 11.1. The normalized spacial score (nSPS) is 12.7. The molecule has 1 heterocycles. The summed E-state index contributed by atoms with van der Waals surface area (Å²) in [7, 11) is 0. The van der Waals surface area contributed by atoms with Gasteiger partial charge in [0, 0.05) is 27.9 Å². The molecule has 0 radical (unpaired) electrons. The monoisotopic (exact) mass is 289 g/mol. The zero-order chi connectivity index (χ0) is 12.4. The van der Waals surface area contributed by atoms with Crippen molar-refractivity contribution in [3.63, 3.8) is 0 Å². The Balaban J connectivity index is 2.17. The molecule has 2 rings (SSSR count). The molecule has 0 saturated heterocycles. The second-order valence-electron chi connectivity index (χ2n) is 3.68. The van der Waals surface area contributed by atoms with Crippen molar-refractivity contribution in [2.45, 2.75) is 12.5 Å². The van der Waals surface area contributed by atoms with Gasteiger partial charge in [-0.2, -0.15) is 0 Å². The Bertz CT molecular complexity index is 527. The summed E-state index contributed by atoms with van der Waals surface area (Å²) in [5, 5.41) is 0.373. The summed E-state index contributed by atoms with van der Waals surface area (Å²) in [6.45, 7) is 0. The van der Waals surface area contributed by atoms with E-state index in [0.717, 1.165) is 4.88 Å². The van der Waals surface area contributed by atoms with Gasteiger partial charge in [0.1, 0.15) is 5.82 Å². The first-order valence-electron chi connectivity index (χ1n) is 5.01. The van der Waals surface area contributed by atoms with Crippen LogP contribution in [0, 0.1) is 5.82 Å². The van der Waals surface area contributed by atoms with Crippen LogP contribution in [0.1, 0.15) is 16.5 Å². The molecule has 1 aromatic heterocycles. The quantitative estimate of drug-likeness (QED) is 0.888. The van der Waals surface area contributed by atoms with Crippen LogP contribution in [0.2, 0.25) is 9.36 Å². The average molecular weight is 290 g/mol. The summed E-state index contributed by atoms with van der Waals surface area (Å²) in [4.78, 5) is 1.04. The van der Waals surface area contributed by atoms with E-state index in [1.807, 2.05) is 12.1 Å². The third-order valence-electron chi connectivity index (χ3n) is 2.41. The third kappa shape index (κ3) is 3.19. The lowest BCUT2D eigenvalue weighted by atomic mass is 10.0. The van der Waals surface area contributed by atoms with Gasteiger partial charge in [-0.15, -0.1) is 11.3 Å². The van der Waals surface area contributed by atoms with Crippen LogP contribution in [-0.2, 0) is 6.42 Å². The van der Waals surface area contributed by atoms with Gasteiger partial charge in [-0.1, -0.05) is 29.3 Å². The molecular formula is C12H10Cl2FNS. The molecule has 0 aliphatic carbocycles. The highest BCUT2D eigenvalue weighted by Gasteiger charge is 2.13. The molecule has 0 amide bonds. The lowest BCUT2D eigenvalue weighted by Gasteiger charge is -2.12. The van der Waals surface area contributed by atoms with Gasteiger partial charge in [0.2, 0.25) is 0 Å². The number of benzene rings is 1. The standard InChI is InChI=1S/C12H10Cl2FNS/c13-7-1-3-9(10(15)5-7)11(16)6-8-2-4-12(14)17-8/h1-5,11H,6,16H2. The molecular weight excluding hydrogens is 280 g/mol. The summed E-state index contributed by atoms with van der Waals surface area (Å²) >= 11 is 13.0. The number of hydrogen-bond donors (Lipinski definition) is 1.